The van der Waals surface area contributed by atoms with Gasteiger partial charge in [0.05, 0.1) is 6.54 Å². The van der Waals surface area contributed by atoms with Crippen LogP contribution in [0.2, 0.25) is 0 Å². The summed E-state index contributed by atoms with van der Waals surface area (Å²) in [4.78, 5) is 4.43. The van der Waals surface area contributed by atoms with Crippen LogP contribution in [-0.4, -0.2) is 58.2 Å². The molecule has 0 aliphatic carbocycles. The number of ether oxygens (including phenoxy) is 1. The SMILES string of the molecule is CCNC(=NCC(O)COc1cccc(C)c1)NCCn1cnnc1CC. The smallest absolute Gasteiger partial charge is 0.191 e. The topological polar surface area (TPSA) is 96.6 Å². The highest BCUT2D eigenvalue weighted by atomic mass is 16.5. The molecule has 0 fully saturated rings. The van der Waals surface area contributed by atoms with Crippen LogP contribution in [0.3, 0.4) is 0 Å². The monoisotopic (exact) mass is 374 g/mol. The summed E-state index contributed by atoms with van der Waals surface area (Å²) in [6.07, 6.45) is 1.91. The van der Waals surface area contributed by atoms with Crippen molar-refractivity contribution in [3.05, 3.63) is 42.0 Å². The van der Waals surface area contributed by atoms with E-state index in [1.165, 1.54) is 0 Å². The van der Waals surface area contributed by atoms with Crippen LogP contribution in [0.25, 0.3) is 0 Å². The Kier molecular flexibility index (Phi) is 8.57. The fraction of sp³-hybridized carbons (Fsp3) is 0.526. The van der Waals surface area contributed by atoms with Gasteiger partial charge in [-0.2, -0.15) is 0 Å². The predicted octanol–water partition coefficient (Wildman–Crippen LogP) is 1.14. The van der Waals surface area contributed by atoms with Gasteiger partial charge < -0.3 is 25.0 Å². The lowest BCUT2D eigenvalue weighted by atomic mass is 10.2. The summed E-state index contributed by atoms with van der Waals surface area (Å²) >= 11 is 0. The number of nitrogens with one attached hydrogen (secondary N) is 2. The molecule has 0 radical (unpaired) electrons. The minimum Gasteiger partial charge on any atom is -0.491 e. The molecule has 0 spiro atoms. The number of guanidine groups is 1. The highest BCUT2D eigenvalue weighted by Crippen LogP contribution is 2.12. The molecule has 3 N–H and O–H groups in total. The summed E-state index contributed by atoms with van der Waals surface area (Å²) in [6, 6.07) is 7.76. The number of aliphatic imine (C=N–C) groups is 1. The second-order valence-corrected chi connectivity index (χ2v) is 6.22. The van der Waals surface area contributed by atoms with Crippen molar-refractivity contribution in [3.63, 3.8) is 0 Å². The summed E-state index contributed by atoms with van der Waals surface area (Å²) in [7, 11) is 0. The molecule has 1 atom stereocenters. The first-order valence-electron chi connectivity index (χ1n) is 9.38. The first kappa shape index (κ1) is 20.7. The zero-order valence-corrected chi connectivity index (χ0v) is 16.4. The Morgan fingerprint density at radius 2 is 2.19 bits per heavy atom. The molecule has 0 aliphatic rings. The van der Waals surface area contributed by atoms with E-state index in [-0.39, 0.29) is 13.2 Å². The lowest BCUT2D eigenvalue weighted by Gasteiger charge is -2.14. The van der Waals surface area contributed by atoms with Crippen LogP contribution in [0.15, 0.2) is 35.6 Å². The Bertz CT molecular complexity index is 716. The number of aryl methyl sites for hydroxylation is 2. The third-order valence-electron chi connectivity index (χ3n) is 3.89. The number of aliphatic hydroxyl groups is 1. The summed E-state index contributed by atoms with van der Waals surface area (Å²) < 4.78 is 7.63. The highest BCUT2D eigenvalue weighted by Gasteiger charge is 2.07. The summed E-state index contributed by atoms with van der Waals surface area (Å²) in [5.74, 6) is 2.38. The Morgan fingerprint density at radius 3 is 2.93 bits per heavy atom. The number of benzene rings is 1. The van der Waals surface area contributed by atoms with Gasteiger partial charge in [0.25, 0.3) is 0 Å². The van der Waals surface area contributed by atoms with Gasteiger partial charge in [-0.25, -0.2) is 0 Å². The molecule has 8 nitrogen and oxygen atoms in total. The van der Waals surface area contributed by atoms with Crippen LogP contribution in [-0.2, 0) is 13.0 Å². The van der Waals surface area contributed by atoms with Crippen molar-refractivity contribution in [3.8, 4) is 5.75 Å². The fourth-order valence-electron chi connectivity index (χ4n) is 2.52. The summed E-state index contributed by atoms with van der Waals surface area (Å²) in [6.45, 7) is 8.70. The van der Waals surface area contributed by atoms with Crippen LogP contribution in [0.4, 0.5) is 0 Å². The van der Waals surface area contributed by atoms with Gasteiger partial charge in [0.15, 0.2) is 5.96 Å². The van der Waals surface area contributed by atoms with Gasteiger partial charge >= 0.3 is 0 Å². The molecule has 0 saturated heterocycles. The van der Waals surface area contributed by atoms with Crippen LogP contribution in [0.1, 0.15) is 25.2 Å². The molecule has 27 heavy (non-hydrogen) atoms. The molecule has 1 unspecified atom stereocenters. The number of nitrogens with zero attached hydrogens (tertiary/aromatic N) is 4. The minimum absolute atomic E-state index is 0.201. The van der Waals surface area contributed by atoms with E-state index in [1.807, 2.05) is 42.7 Å². The number of hydrogen-bond donors (Lipinski definition) is 3. The van der Waals surface area contributed by atoms with Crippen molar-refractivity contribution in [1.82, 2.24) is 25.4 Å². The van der Waals surface area contributed by atoms with Crippen LogP contribution in [0.5, 0.6) is 5.75 Å². The Hall–Kier alpha value is -2.61. The summed E-state index contributed by atoms with van der Waals surface area (Å²) in [5.41, 5.74) is 1.12. The standard InChI is InChI=1S/C19H30N6O2/c1-4-18-24-23-14-25(18)10-9-21-19(20-5-2)22-12-16(26)13-27-17-8-6-7-15(3)11-17/h6-8,11,14,16,26H,4-5,9-10,12-13H2,1-3H3,(H2,20,21,22). The van der Waals surface area contributed by atoms with Crippen molar-refractivity contribution in [1.29, 1.82) is 0 Å². The molecular weight excluding hydrogens is 344 g/mol. The Balaban J connectivity index is 1.77. The lowest BCUT2D eigenvalue weighted by Crippen LogP contribution is -2.39. The maximum Gasteiger partial charge on any atom is 0.191 e. The van der Waals surface area contributed by atoms with Crippen molar-refractivity contribution in [2.75, 3.05) is 26.2 Å². The maximum absolute atomic E-state index is 10.1. The normalized spacial score (nSPS) is 12.7. The van der Waals surface area contributed by atoms with Gasteiger partial charge in [-0.15, -0.1) is 10.2 Å². The molecule has 0 amide bonds. The molecule has 0 bridgehead atoms. The van der Waals surface area contributed by atoms with Gasteiger partial charge in [-0.1, -0.05) is 19.1 Å². The van der Waals surface area contributed by atoms with E-state index in [0.717, 1.165) is 36.6 Å². The fourth-order valence-corrected chi connectivity index (χ4v) is 2.52. The average Bonchev–Trinajstić information content (AvgIpc) is 3.12. The van der Waals surface area contributed by atoms with Crippen LogP contribution < -0.4 is 15.4 Å². The molecule has 0 saturated carbocycles. The quantitative estimate of drug-likeness (QED) is 0.426. The highest BCUT2D eigenvalue weighted by molar-refractivity contribution is 5.79. The molecule has 1 aromatic heterocycles. The zero-order valence-electron chi connectivity index (χ0n) is 16.4. The van der Waals surface area contributed by atoms with Crippen LogP contribution in [0, 0.1) is 6.92 Å². The Labute approximate surface area is 160 Å². The van der Waals surface area contributed by atoms with Gasteiger partial charge in [0.1, 0.15) is 30.6 Å². The molecule has 2 rings (SSSR count). The first-order valence-corrected chi connectivity index (χ1v) is 9.38. The van der Waals surface area contributed by atoms with Crippen molar-refractivity contribution < 1.29 is 9.84 Å². The maximum atomic E-state index is 10.1. The van der Waals surface area contributed by atoms with Gasteiger partial charge in [0.2, 0.25) is 0 Å². The zero-order chi connectivity index (χ0) is 19.5. The van der Waals surface area contributed by atoms with E-state index in [1.54, 1.807) is 6.33 Å². The van der Waals surface area contributed by atoms with Gasteiger partial charge in [-0.05, 0) is 31.5 Å². The molecule has 1 heterocycles. The molecule has 8 heteroatoms. The van der Waals surface area contributed by atoms with E-state index in [2.05, 4.69) is 32.7 Å². The van der Waals surface area contributed by atoms with Crippen molar-refractivity contribution in [2.45, 2.75) is 39.8 Å². The molecule has 148 valence electrons. The van der Waals surface area contributed by atoms with E-state index < -0.39 is 6.10 Å². The first-order chi connectivity index (χ1) is 13.1. The largest absolute Gasteiger partial charge is 0.491 e. The number of aromatic nitrogens is 3. The van der Waals surface area contributed by atoms with Gasteiger partial charge in [0, 0.05) is 26.1 Å². The molecular formula is C19H30N6O2. The minimum atomic E-state index is -0.675. The third-order valence-corrected chi connectivity index (χ3v) is 3.89. The lowest BCUT2D eigenvalue weighted by molar-refractivity contribution is 0.114. The van der Waals surface area contributed by atoms with E-state index in [0.29, 0.717) is 12.5 Å². The van der Waals surface area contributed by atoms with E-state index in [4.69, 9.17) is 4.74 Å². The summed E-state index contributed by atoms with van der Waals surface area (Å²) in [5, 5.41) is 24.6. The number of aliphatic hydroxyl groups excluding tert-OH is 1. The number of hydrogen-bond acceptors (Lipinski definition) is 5. The van der Waals surface area contributed by atoms with E-state index in [9.17, 15) is 5.11 Å². The molecule has 0 aliphatic heterocycles. The molecule has 2 aromatic rings. The van der Waals surface area contributed by atoms with Crippen molar-refractivity contribution >= 4 is 5.96 Å². The number of rotatable bonds is 10. The average molecular weight is 374 g/mol. The van der Waals surface area contributed by atoms with Gasteiger partial charge in [-0.3, -0.25) is 4.99 Å². The third kappa shape index (κ3) is 7.26. The Morgan fingerprint density at radius 1 is 1.33 bits per heavy atom. The second-order valence-electron chi connectivity index (χ2n) is 6.22. The van der Waals surface area contributed by atoms with Crippen LogP contribution >= 0.6 is 0 Å². The van der Waals surface area contributed by atoms with E-state index >= 15 is 0 Å². The molecule has 1 aromatic carbocycles. The second kappa shape index (κ2) is 11.2. The predicted molar refractivity (Wildman–Crippen MR) is 106 cm³/mol. The van der Waals surface area contributed by atoms with Crippen molar-refractivity contribution in [2.24, 2.45) is 4.99 Å².